The van der Waals surface area contributed by atoms with Gasteiger partial charge >= 0.3 is 0 Å². The summed E-state index contributed by atoms with van der Waals surface area (Å²) >= 11 is 1.48. The normalized spacial score (nSPS) is 25.0. The van der Waals surface area contributed by atoms with E-state index in [1.165, 1.54) is 11.3 Å². The van der Waals surface area contributed by atoms with Crippen molar-refractivity contribution in [1.29, 1.82) is 0 Å². The van der Waals surface area contributed by atoms with Crippen LogP contribution in [0, 0.1) is 12.8 Å². The van der Waals surface area contributed by atoms with Gasteiger partial charge in [-0.3, -0.25) is 4.79 Å². The standard InChI is InChI=1S/C21H37N3O4S/c1-13(2)20-23-15(4)18(29-20)19(25)22-9-8-10-27-12-16-17(24(5)6)11-14(3)28-21(16)26-7/h13-14,16-17,21H,8-12H2,1-7H3,(H,22,25)/t14-,16?,17+,21-/m1/s1. The summed E-state index contributed by atoms with van der Waals surface area (Å²) < 4.78 is 17.4. The molecule has 1 aromatic rings. The van der Waals surface area contributed by atoms with E-state index in [1.54, 1.807) is 7.11 Å². The van der Waals surface area contributed by atoms with Gasteiger partial charge in [-0.25, -0.2) is 4.98 Å². The molecule has 1 saturated heterocycles. The lowest BCUT2D eigenvalue weighted by molar-refractivity contribution is -0.230. The number of methoxy groups -OCH3 is 1. The van der Waals surface area contributed by atoms with Gasteiger partial charge in [-0.05, 0) is 40.8 Å². The van der Waals surface area contributed by atoms with Crippen LogP contribution in [-0.2, 0) is 14.2 Å². The molecule has 0 saturated carbocycles. The maximum atomic E-state index is 12.4. The lowest BCUT2D eigenvalue weighted by Crippen LogP contribution is -2.52. The number of hydrogen-bond acceptors (Lipinski definition) is 7. The zero-order valence-electron chi connectivity index (χ0n) is 18.9. The second-order valence-corrected chi connectivity index (χ2v) is 9.32. The van der Waals surface area contributed by atoms with E-state index in [1.807, 2.05) is 6.92 Å². The van der Waals surface area contributed by atoms with E-state index in [0.29, 0.717) is 36.6 Å². The van der Waals surface area contributed by atoms with Gasteiger partial charge in [-0.1, -0.05) is 13.8 Å². The molecule has 0 aliphatic carbocycles. The topological polar surface area (TPSA) is 72.9 Å². The van der Waals surface area contributed by atoms with Crippen molar-refractivity contribution in [3.8, 4) is 0 Å². The highest BCUT2D eigenvalue weighted by Gasteiger charge is 2.38. The van der Waals surface area contributed by atoms with Crippen molar-refractivity contribution in [2.24, 2.45) is 5.92 Å². The molecule has 0 radical (unpaired) electrons. The molecule has 1 amide bonds. The van der Waals surface area contributed by atoms with Crippen LogP contribution in [0.15, 0.2) is 0 Å². The number of nitrogens with one attached hydrogen (secondary N) is 1. The number of nitrogens with zero attached hydrogens (tertiary/aromatic N) is 2. The molecule has 1 aromatic heterocycles. The zero-order chi connectivity index (χ0) is 21.6. The first-order valence-electron chi connectivity index (χ1n) is 10.4. The van der Waals surface area contributed by atoms with Crippen LogP contribution in [-0.4, -0.2) is 75.2 Å². The number of carbonyl (C=O) groups excluding carboxylic acids is 1. The van der Waals surface area contributed by atoms with Gasteiger partial charge in [-0.2, -0.15) is 0 Å². The molecule has 1 aliphatic heterocycles. The summed E-state index contributed by atoms with van der Waals surface area (Å²) in [6.45, 7) is 9.89. The van der Waals surface area contributed by atoms with E-state index in [9.17, 15) is 4.79 Å². The van der Waals surface area contributed by atoms with Gasteiger partial charge in [0.25, 0.3) is 5.91 Å². The predicted octanol–water partition coefficient (Wildman–Crippen LogP) is 3.04. The van der Waals surface area contributed by atoms with Gasteiger partial charge in [0, 0.05) is 38.1 Å². The number of rotatable bonds is 10. The second-order valence-electron chi connectivity index (χ2n) is 8.29. The summed E-state index contributed by atoms with van der Waals surface area (Å²) in [7, 11) is 5.86. The molecule has 1 N–H and O–H groups in total. The van der Waals surface area contributed by atoms with Crippen molar-refractivity contribution in [3.05, 3.63) is 15.6 Å². The largest absolute Gasteiger partial charge is 0.381 e. The molecule has 0 aromatic carbocycles. The van der Waals surface area contributed by atoms with Gasteiger partial charge in [0.05, 0.1) is 23.4 Å². The number of thiazole rings is 1. The summed E-state index contributed by atoms with van der Waals surface area (Å²) in [5.41, 5.74) is 0.805. The van der Waals surface area contributed by atoms with Crippen LogP contribution < -0.4 is 5.32 Å². The first-order valence-corrected chi connectivity index (χ1v) is 11.2. The fourth-order valence-corrected chi connectivity index (χ4v) is 4.63. The van der Waals surface area contributed by atoms with E-state index in [0.717, 1.165) is 23.5 Å². The predicted molar refractivity (Wildman–Crippen MR) is 116 cm³/mol. The molecule has 1 aliphatic rings. The Morgan fingerprint density at radius 3 is 2.72 bits per heavy atom. The Labute approximate surface area is 179 Å². The Balaban J connectivity index is 1.74. The Hall–Kier alpha value is -1.06. The number of ether oxygens (including phenoxy) is 3. The van der Waals surface area contributed by atoms with E-state index in [2.05, 4.69) is 50.1 Å². The molecule has 2 heterocycles. The molecule has 2 rings (SSSR count). The third-order valence-corrected chi connectivity index (χ3v) is 6.71. The highest BCUT2D eigenvalue weighted by atomic mass is 32.1. The Bertz CT molecular complexity index is 650. The average Bonchev–Trinajstić information content (AvgIpc) is 3.06. The Morgan fingerprint density at radius 2 is 2.14 bits per heavy atom. The lowest BCUT2D eigenvalue weighted by atomic mass is 9.91. The van der Waals surface area contributed by atoms with E-state index >= 15 is 0 Å². The minimum Gasteiger partial charge on any atom is -0.381 e. The molecule has 1 fully saturated rings. The van der Waals surface area contributed by atoms with Gasteiger partial charge in [0.1, 0.15) is 4.88 Å². The summed E-state index contributed by atoms with van der Waals surface area (Å²) in [4.78, 5) is 19.8. The maximum absolute atomic E-state index is 12.4. The van der Waals surface area contributed by atoms with Crippen LogP contribution in [0.5, 0.6) is 0 Å². The summed E-state index contributed by atoms with van der Waals surface area (Å²) in [5, 5.41) is 3.98. The molecular weight excluding hydrogens is 390 g/mol. The fraction of sp³-hybridized carbons (Fsp3) is 0.810. The first kappa shape index (κ1) is 24.2. The Kier molecular flexibility index (Phi) is 9.49. The molecular formula is C21H37N3O4S. The lowest BCUT2D eigenvalue weighted by Gasteiger charge is -2.43. The molecule has 7 nitrogen and oxygen atoms in total. The average molecular weight is 428 g/mol. The molecule has 29 heavy (non-hydrogen) atoms. The van der Waals surface area contributed by atoms with Gasteiger partial charge < -0.3 is 24.4 Å². The monoisotopic (exact) mass is 427 g/mol. The van der Waals surface area contributed by atoms with Crippen molar-refractivity contribution < 1.29 is 19.0 Å². The fourth-order valence-electron chi connectivity index (χ4n) is 3.65. The summed E-state index contributed by atoms with van der Waals surface area (Å²) in [6, 6.07) is 0.354. The van der Waals surface area contributed by atoms with Crippen molar-refractivity contribution in [1.82, 2.24) is 15.2 Å². The molecule has 4 atom stereocenters. The van der Waals surface area contributed by atoms with Crippen LogP contribution in [0.2, 0.25) is 0 Å². The quantitative estimate of drug-likeness (QED) is 0.579. The molecule has 166 valence electrons. The van der Waals surface area contributed by atoms with Crippen LogP contribution in [0.1, 0.15) is 59.9 Å². The van der Waals surface area contributed by atoms with Crippen LogP contribution in [0.3, 0.4) is 0 Å². The van der Waals surface area contributed by atoms with Gasteiger partial charge in [0.2, 0.25) is 0 Å². The second kappa shape index (κ2) is 11.4. The molecule has 0 spiro atoms. The van der Waals surface area contributed by atoms with Crippen molar-refractivity contribution in [3.63, 3.8) is 0 Å². The molecule has 1 unspecified atom stereocenters. The zero-order valence-corrected chi connectivity index (χ0v) is 19.7. The number of carbonyl (C=O) groups is 1. The third-order valence-electron chi connectivity index (χ3n) is 5.25. The smallest absolute Gasteiger partial charge is 0.263 e. The number of aryl methyl sites for hydroxylation is 1. The Morgan fingerprint density at radius 1 is 1.41 bits per heavy atom. The first-order chi connectivity index (χ1) is 13.7. The van der Waals surface area contributed by atoms with E-state index < -0.39 is 0 Å². The van der Waals surface area contributed by atoms with Crippen molar-refractivity contribution >= 4 is 17.2 Å². The van der Waals surface area contributed by atoms with E-state index in [4.69, 9.17) is 14.2 Å². The maximum Gasteiger partial charge on any atom is 0.263 e. The van der Waals surface area contributed by atoms with Crippen LogP contribution >= 0.6 is 11.3 Å². The molecule has 0 bridgehead atoms. The highest BCUT2D eigenvalue weighted by Crippen LogP contribution is 2.29. The van der Waals surface area contributed by atoms with Crippen molar-refractivity contribution in [2.75, 3.05) is 41.0 Å². The third kappa shape index (κ3) is 6.72. The minimum atomic E-state index is -0.254. The molecule has 8 heteroatoms. The van der Waals surface area contributed by atoms with Gasteiger partial charge in [0.15, 0.2) is 6.29 Å². The SMILES string of the molecule is CO[C@@H]1O[C@H](C)C[C@H](N(C)C)C1COCCCNC(=O)c1sc(C(C)C)nc1C. The van der Waals surface area contributed by atoms with Crippen molar-refractivity contribution in [2.45, 2.75) is 64.9 Å². The van der Waals surface area contributed by atoms with E-state index in [-0.39, 0.29) is 24.2 Å². The van der Waals surface area contributed by atoms with Crippen LogP contribution in [0.4, 0.5) is 0 Å². The number of amides is 1. The minimum absolute atomic E-state index is 0.0475. The van der Waals surface area contributed by atoms with Crippen LogP contribution in [0.25, 0.3) is 0 Å². The number of hydrogen-bond donors (Lipinski definition) is 1. The summed E-state index contributed by atoms with van der Waals surface area (Å²) in [5.74, 6) is 0.450. The number of aromatic nitrogens is 1. The van der Waals surface area contributed by atoms with Gasteiger partial charge in [-0.15, -0.1) is 11.3 Å². The highest BCUT2D eigenvalue weighted by molar-refractivity contribution is 7.13. The summed E-state index contributed by atoms with van der Waals surface area (Å²) in [6.07, 6.45) is 1.64.